The minimum atomic E-state index is -0.821. The van der Waals surface area contributed by atoms with Gasteiger partial charge in [0.05, 0.1) is 37.1 Å². The van der Waals surface area contributed by atoms with Crippen LogP contribution in [0.25, 0.3) is 23.1 Å². The predicted octanol–water partition coefficient (Wildman–Crippen LogP) is 7.08. The van der Waals surface area contributed by atoms with Crippen molar-refractivity contribution in [3.63, 3.8) is 0 Å². The van der Waals surface area contributed by atoms with Crippen LogP contribution in [0.5, 0.6) is 0 Å². The number of allylic oxidation sites excluding steroid dienone is 1. The third-order valence-corrected chi connectivity index (χ3v) is 7.68. The van der Waals surface area contributed by atoms with E-state index >= 15 is 0 Å². The maximum absolute atomic E-state index is 12.9. The topological polar surface area (TPSA) is 84.0 Å². The Labute approximate surface area is 236 Å². The highest BCUT2D eigenvalue weighted by atomic mass is 32.1. The number of carbonyl (C=O) groups is 2. The minimum Gasteiger partial charge on any atom is -0.469 e. The molecule has 0 bridgehead atoms. The van der Waals surface area contributed by atoms with Gasteiger partial charge in [-0.25, -0.2) is 10.1 Å². The Bertz CT molecular complexity index is 1260. The van der Waals surface area contributed by atoms with Crippen molar-refractivity contribution in [2.75, 3.05) is 31.7 Å². The number of benzene rings is 1. The van der Waals surface area contributed by atoms with Crippen LogP contribution in [0.1, 0.15) is 62.8 Å². The molecule has 8 heteroatoms. The second-order valence-electron chi connectivity index (χ2n) is 10.1. The highest BCUT2D eigenvalue weighted by Gasteiger charge is 2.42. The van der Waals surface area contributed by atoms with E-state index in [0.717, 1.165) is 27.5 Å². The maximum Gasteiger partial charge on any atom is 0.311 e. The first-order valence-electron chi connectivity index (χ1n) is 12.9. The molecule has 0 aliphatic heterocycles. The second kappa shape index (κ2) is 14.3. The van der Waals surface area contributed by atoms with E-state index in [1.54, 1.807) is 19.9 Å². The van der Waals surface area contributed by atoms with Gasteiger partial charge in [0.2, 0.25) is 0 Å². The highest BCUT2D eigenvalue weighted by Crippen LogP contribution is 2.38. The number of hydrogen-bond acceptors (Lipinski definition) is 7. The lowest BCUT2D eigenvalue weighted by molar-refractivity contribution is -0.161. The van der Waals surface area contributed by atoms with E-state index in [0.29, 0.717) is 19.4 Å². The Morgan fingerprint density at radius 3 is 2.31 bits per heavy atom. The first-order chi connectivity index (χ1) is 18.5. The second-order valence-corrected chi connectivity index (χ2v) is 11.2. The lowest BCUT2D eigenvalue weighted by Gasteiger charge is -2.33. The Morgan fingerprint density at radius 2 is 1.74 bits per heavy atom. The van der Waals surface area contributed by atoms with Crippen molar-refractivity contribution >= 4 is 47.2 Å². The van der Waals surface area contributed by atoms with E-state index in [9.17, 15) is 9.59 Å². The molecular formula is C31H37N3O4S. The number of anilines is 1. The molecule has 0 aliphatic rings. The van der Waals surface area contributed by atoms with Gasteiger partial charge in [0.25, 0.3) is 5.70 Å². The van der Waals surface area contributed by atoms with Crippen LogP contribution in [0.2, 0.25) is 0 Å². The monoisotopic (exact) mass is 547 g/mol. The molecule has 1 unspecified atom stereocenters. The predicted molar refractivity (Wildman–Crippen MR) is 158 cm³/mol. The third kappa shape index (κ3) is 8.84. The molecule has 0 saturated heterocycles. The zero-order valence-electron chi connectivity index (χ0n) is 23.6. The van der Waals surface area contributed by atoms with Gasteiger partial charge in [0.1, 0.15) is 6.61 Å². The zero-order valence-corrected chi connectivity index (χ0v) is 24.4. The molecule has 0 fully saturated rings. The number of rotatable bonds is 13. The maximum atomic E-state index is 12.9. The van der Waals surface area contributed by atoms with Crippen LogP contribution in [0, 0.1) is 28.7 Å². The average Bonchev–Trinajstić information content (AvgIpc) is 3.39. The Kier molecular flexibility index (Phi) is 11.5. The number of nitriles is 1. The quantitative estimate of drug-likeness (QED) is 0.151. The number of carbonyl (C=O) groups excluding carboxylic acids is 2. The molecule has 1 aromatic carbocycles. The summed E-state index contributed by atoms with van der Waals surface area (Å²) in [5, 5.41) is 8.92. The van der Waals surface area contributed by atoms with Crippen molar-refractivity contribution in [1.82, 2.24) is 0 Å². The van der Waals surface area contributed by atoms with Crippen LogP contribution in [-0.2, 0) is 19.1 Å². The molecule has 2 rings (SSSR count). The van der Waals surface area contributed by atoms with Crippen molar-refractivity contribution in [3.05, 3.63) is 68.8 Å². The van der Waals surface area contributed by atoms with E-state index in [4.69, 9.17) is 21.3 Å². The molecule has 0 amide bonds. The lowest BCUT2D eigenvalue weighted by atomic mass is 9.72. The Morgan fingerprint density at radius 1 is 1.08 bits per heavy atom. The van der Waals surface area contributed by atoms with Crippen LogP contribution in [-0.4, -0.2) is 38.7 Å². The van der Waals surface area contributed by atoms with Gasteiger partial charge in [0.15, 0.2) is 0 Å². The lowest BCUT2D eigenvalue weighted by Crippen LogP contribution is -2.39. The van der Waals surface area contributed by atoms with Gasteiger partial charge in [-0.2, -0.15) is 0 Å². The summed E-state index contributed by atoms with van der Waals surface area (Å²) in [4.78, 5) is 32.3. The summed E-state index contributed by atoms with van der Waals surface area (Å²) in [6.45, 7) is 18.0. The summed E-state index contributed by atoms with van der Waals surface area (Å²) in [5.41, 5.74) is 0.571. The fraction of sp³-hybridized carbons (Fsp3) is 0.419. The van der Waals surface area contributed by atoms with Crippen molar-refractivity contribution in [1.29, 1.82) is 5.26 Å². The van der Waals surface area contributed by atoms with Gasteiger partial charge >= 0.3 is 11.9 Å². The number of likely N-dealkylation sites (N-methyl/N-ethyl adjacent to an activating group) is 1. The number of ether oxygens (including phenoxy) is 2. The molecule has 39 heavy (non-hydrogen) atoms. The number of hydrogen-bond donors (Lipinski definition) is 0. The summed E-state index contributed by atoms with van der Waals surface area (Å²) < 4.78 is 10.6. The van der Waals surface area contributed by atoms with Crippen LogP contribution in [0.15, 0.2) is 42.1 Å². The van der Waals surface area contributed by atoms with Crippen LogP contribution in [0.4, 0.5) is 5.69 Å². The third-order valence-electron chi connectivity index (χ3n) is 6.68. The molecule has 1 aromatic heterocycles. The van der Waals surface area contributed by atoms with Crippen molar-refractivity contribution in [2.45, 2.75) is 47.5 Å². The van der Waals surface area contributed by atoms with Crippen LogP contribution < -0.4 is 4.90 Å². The van der Waals surface area contributed by atoms with E-state index in [1.807, 2.05) is 68.5 Å². The standard InChI is InChI=1S/C31H37N3O4S/c1-8-31(5,29(36)37-7)22-30(3,4)28(35)38-19-18-34(9-2)25-13-10-23(11-14-25)12-15-26-16-17-27(39-26)20-24(21-32)33-6/h10-17,20H,8-9,18-19,22H2,1-5,7H3/b15-12+,24-20-. The van der Waals surface area contributed by atoms with E-state index in [1.165, 1.54) is 18.4 Å². The largest absolute Gasteiger partial charge is 0.469 e. The molecule has 0 spiro atoms. The number of thiophene rings is 1. The molecule has 206 valence electrons. The van der Waals surface area contributed by atoms with E-state index in [-0.39, 0.29) is 24.2 Å². The SMILES string of the molecule is [C-]#[N+]/C(C#N)=C\c1ccc(/C=C/c2ccc(N(CC)CCOC(=O)C(C)(C)CC(C)(CC)C(=O)OC)cc2)s1. The first-order valence-corrected chi connectivity index (χ1v) is 13.7. The van der Waals surface area contributed by atoms with Crippen molar-refractivity contribution < 1.29 is 19.1 Å². The molecule has 0 saturated carbocycles. The molecule has 0 aliphatic carbocycles. The van der Waals surface area contributed by atoms with Crippen LogP contribution >= 0.6 is 11.3 Å². The fourth-order valence-electron chi connectivity index (χ4n) is 4.28. The number of nitrogens with zero attached hydrogens (tertiary/aromatic N) is 3. The van der Waals surface area contributed by atoms with E-state index < -0.39 is 10.8 Å². The molecule has 7 nitrogen and oxygen atoms in total. The van der Waals surface area contributed by atoms with Gasteiger partial charge in [-0.15, -0.1) is 11.3 Å². The summed E-state index contributed by atoms with van der Waals surface area (Å²) >= 11 is 1.51. The van der Waals surface area contributed by atoms with Gasteiger partial charge in [-0.05, 0) is 82.5 Å². The van der Waals surface area contributed by atoms with Gasteiger partial charge in [-0.1, -0.05) is 25.1 Å². The average molecular weight is 548 g/mol. The summed E-state index contributed by atoms with van der Waals surface area (Å²) in [6.07, 6.45) is 6.53. The van der Waals surface area contributed by atoms with Gasteiger partial charge < -0.3 is 14.4 Å². The molecule has 2 aromatic rings. The van der Waals surface area contributed by atoms with Crippen LogP contribution in [0.3, 0.4) is 0 Å². The highest BCUT2D eigenvalue weighted by molar-refractivity contribution is 7.13. The molecule has 1 heterocycles. The Balaban J connectivity index is 1.96. The normalized spacial score (nSPS) is 13.3. The van der Waals surface area contributed by atoms with E-state index in [2.05, 4.69) is 16.7 Å². The summed E-state index contributed by atoms with van der Waals surface area (Å²) in [6, 6.07) is 13.9. The Hall–Kier alpha value is -3.88. The molecule has 0 N–H and O–H groups in total. The molecular weight excluding hydrogens is 510 g/mol. The summed E-state index contributed by atoms with van der Waals surface area (Å²) in [7, 11) is 1.37. The smallest absolute Gasteiger partial charge is 0.311 e. The molecule has 0 radical (unpaired) electrons. The summed E-state index contributed by atoms with van der Waals surface area (Å²) in [5.74, 6) is -0.641. The van der Waals surface area contributed by atoms with Crippen molar-refractivity contribution in [3.8, 4) is 6.07 Å². The number of methoxy groups -OCH3 is 1. The zero-order chi connectivity index (χ0) is 29.1. The number of esters is 2. The van der Waals surface area contributed by atoms with Gasteiger partial charge in [-0.3, -0.25) is 9.59 Å². The first kappa shape index (κ1) is 31.3. The minimum absolute atomic E-state index is 0.0694. The molecule has 1 atom stereocenters. The van der Waals surface area contributed by atoms with Crippen molar-refractivity contribution in [2.24, 2.45) is 10.8 Å². The fourth-order valence-corrected chi connectivity index (χ4v) is 5.13. The van der Waals surface area contributed by atoms with Gasteiger partial charge in [0, 0.05) is 22.0 Å².